The molecule has 0 rings (SSSR count). The summed E-state index contributed by atoms with van der Waals surface area (Å²) in [6.07, 6.45) is 0. The second kappa shape index (κ2) is 3.56. The number of hydrogen-bond donors (Lipinski definition) is 1. The van der Waals surface area contributed by atoms with Crippen molar-refractivity contribution in [1.29, 1.82) is 0 Å². The fraction of sp³-hybridized carbons (Fsp3) is 0.857. The molecule has 0 aliphatic heterocycles. The van der Waals surface area contributed by atoms with E-state index in [1.807, 2.05) is 20.8 Å². The van der Waals surface area contributed by atoms with Gasteiger partial charge in [0.1, 0.15) is 6.73 Å². The standard InChI is InChI=1S/C7H15NO2/c1-7(2,3)6(9)8-5-10-4/h5H2,1-4H3,(H,8,9). The molecular formula is C7H15NO2. The Morgan fingerprint density at radius 3 is 2.30 bits per heavy atom. The summed E-state index contributed by atoms with van der Waals surface area (Å²) in [7, 11) is 1.54. The van der Waals surface area contributed by atoms with Crippen LogP contribution in [0, 0.1) is 5.41 Å². The van der Waals surface area contributed by atoms with Crippen molar-refractivity contribution >= 4 is 5.91 Å². The van der Waals surface area contributed by atoms with Gasteiger partial charge in [0.25, 0.3) is 0 Å². The molecule has 0 heterocycles. The Bertz CT molecular complexity index is 115. The minimum Gasteiger partial charge on any atom is -0.364 e. The number of rotatable bonds is 2. The number of carbonyl (C=O) groups excluding carboxylic acids is 1. The molecule has 0 radical (unpaired) electrons. The van der Waals surface area contributed by atoms with Gasteiger partial charge in [-0.15, -0.1) is 0 Å². The molecule has 10 heavy (non-hydrogen) atoms. The number of nitrogens with one attached hydrogen (secondary N) is 1. The van der Waals surface area contributed by atoms with Gasteiger partial charge in [-0.3, -0.25) is 4.79 Å². The van der Waals surface area contributed by atoms with Crippen LogP contribution >= 0.6 is 0 Å². The number of ether oxygens (including phenoxy) is 1. The fourth-order valence-corrected chi connectivity index (χ4v) is 0.403. The Morgan fingerprint density at radius 2 is 2.00 bits per heavy atom. The van der Waals surface area contributed by atoms with Crippen molar-refractivity contribution in [3.8, 4) is 0 Å². The first-order valence-corrected chi connectivity index (χ1v) is 3.25. The third kappa shape index (κ3) is 3.45. The molecule has 0 aliphatic rings. The molecule has 0 fully saturated rings. The molecule has 0 aromatic rings. The molecule has 0 bridgehead atoms. The molecule has 0 saturated heterocycles. The van der Waals surface area contributed by atoms with Crippen LogP contribution in [0.25, 0.3) is 0 Å². The van der Waals surface area contributed by atoms with Crippen LogP contribution in [0.4, 0.5) is 0 Å². The average Bonchev–Trinajstić information content (AvgIpc) is 1.80. The van der Waals surface area contributed by atoms with E-state index in [1.165, 1.54) is 0 Å². The molecule has 0 spiro atoms. The second-order valence-corrected chi connectivity index (χ2v) is 3.19. The maximum atomic E-state index is 11.0. The smallest absolute Gasteiger partial charge is 0.227 e. The van der Waals surface area contributed by atoms with E-state index < -0.39 is 0 Å². The first-order valence-electron chi connectivity index (χ1n) is 3.25. The van der Waals surface area contributed by atoms with Crippen LogP contribution in [0.2, 0.25) is 0 Å². The maximum absolute atomic E-state index is 11.0. The van der Waals surface area contributed by atoms with Crippen molar-refractivity contribution in [2.75, 3.05) is 13.8 Å². The topological polar surface area (TPSA) is 38.3 Å². The van der Waals surface area contributed by atoms with Gasteiger partial charge in [-0.25, -0.2) is 0 Å². The van der Waals surface area contributed by atoms with E-state index >= 15 is 0 Å². The van der Waals surface area contributed by atoms with Gasteiger partial charge in [0.15, 0.2) is 0 Å². The summed E-state index contributed by atoms with van der Waals surface area (Å²) in [6, 6.07) is 0. The van der Waals surface area contributed by atoms with Crippen molar-refractivity contribution in [3.63, 3.8) is 0 Å². The van der Waals surface area contributed by atoms with Gasteiger partial charge in [-0.2, -0.15) is 0 Å². The van der Waals surface area contributed by atoms with Crippen LogP contribution in [0.3, 0.4) is 0 Å². The lowest BCUT2D eigenvalue weighted by Gasteiger charge is -2.16. The molecule has 0 aromatic heterocycles. The quantitative estimate of drug-likeness (QED) is 0.582. The summed E-state index contributed by atoms with van der Waals surface area (Å²) in [5.74, 6) is 0.00866. The number of amides is 1. The Hall–Kier alpha value is -0.570. The van der Waals surface area contributed by atoms with E-state index in [-0.39, 0.29) is 18.1 Å². The molecule has 3 nitrogen and oxygen atoms in total. The van der Waals surface area contributed by atoms with Gasteiger partial charge < -0.3 is 10.1 Å². The Labute approximate surface area is 61.8 Å². The molecule has 0 unspecified atom stereocenters. The molecule has 1 amide bonds. The van der Waals surface area contributed by atoms with Gasteiger partial charge in [0, 0.05) is 12.5 Å². The second-order valence-electron chi connectivity index (χ2n) is 3.19. The minimum absolute atomic E-state index is 0.00866. The van der Waals surface area contributed by atoms with Crippen LogP contribution in [-0.2, 0) is 9.53 Å². The number of carbonyl (C=O) groups is 1. The number of methoxy groups -OCH3 is 1. The van der Waals surface area contributed by atoms with E-state index in [0.29, 0.717) is 0 Å². The molecule has 0 atom stereocenters. The summed E-state index contributed by atoms with van der Waals surface area (Å²) < 4.78 is 4.68. The lowest BCUT2D eigenvalue weighted by atomic mass is 9.96. The van der Waals surface area contributed by atoms with Crippen molar-refractivity contribution in [2.24, 2.45) is 5.41 Å². The zero-order chi connectivity index (χ0) is 8.20. The van der Waals surface area contributed by atoms with Crippen LogP contribution in [0.15, 0.2) is 0 Å². The molecule has 3 heteroatoms. The molecular weight excluding hydrogens is 130 g/mol. The Morgan fingerprint density at radius 1 is 1.50 bits per heavy atom. The fourth-order valence-electron chi connectivity index (χ4n) is 0.403. The predicted octanol–water partition coefficient (Wildman–Crippen LogP) is 0.753. The third-order valence-corrected chi connectivity index (χ3v) is 1.06. The Kier molecular flexibility index (Phi) is 3.36. The SMILES string of the molecule is COCNC(=O)C(C)(C)C. The lowest BCUT2D eigenvalue weighted by molar-refractivity contribution is -0.130. The summed E-state index contributed by atoms with van der Waals surface area (Å²) >= 11 is 0. The summed E-state index contributed by atoms with van der Waals surface area (Å²) in [5, 5.41) is 2.61. The van der Waals surface area contributed by atoms with Crippen molar-refractivity contribution in [1.82, 2.24) is 5.32 Å². The van der Waals surface area contributed by atoms with Gasteiger partial charge in [-0.05, 0) is 0 Å². The highest BCUT2D eigenvalue weighted by molar-refractivity contribution is 5.81. The average molecular weight is 145 g/mol. The monoisotopic (exact) mass is 145 g/mol. The minimum atomic E-state index is -0.321. The van der Waals surface area contributed by atoms with E-state index in [4.69, 9.17) is 0 Å². The highest BCUT2D eigenvalue weighted by Gasteiger charge is 2.19. The van der Waals surface area contributed by atoms with E-state index in [0.717, 1.165) is 0 Å². The first-order chi connectivity index (χ1) is 4.48. The summed E-state index contributed by atoms with van der Waals surface area (Å²) in [4.78, 5) is 11.0. The van der Waals surface area contributed by atoms with Gasteiger partial charge in [0.2, 0.25) is 5.91 Å². The van der Waals surface area contributed by atoms with Crippen LogP contribution in [-0.4, -0.2) is 19.7 Å². The largest absolute Gasteiger partial charge is 0.364 e. The molecule has 0 aliphatic carbocycles. The highest BCUT2D eigenvalue weighted by Crippen LogP contribution is 2.11. The zero-order valence-corrected chi connectivity index (χ0v) is 7.02. The van der Waals surface area contributed by atoms with E-state index in [1.54, 1.807) is 7.11 Å². The number of hydrogen-bond acceptors (Lipinski definition) is 2. The zero-order valence-electron chi connectivity index (χ0n) is 7.02. The highest BCUT2D eigenvalue weighted by atomic mass is 16.5. The van der Waals surface area contributed by atoms with Crippen LogP contribution < -0.4 is 5.32 Å². The normalized spacial score (nSPS) is 11.2. The van der Waals surface area contributed by atoms with Gasteiger partial charge in [-0.1, -0.05) is 20.8 Å². The molecule has 1 N–H and O–H groups in total. The molecule has 60 valence electrons. The van der Waals surface area contributed by atoms with Crippen LogP contribution in [0.5, 0.6) is 0 Å². The van der Waals surface area contributed by atoms with Gasteiger partial charge in [0.05, 0.1) is 0 Å². The lowest BCUT2D eigenvalue weighted by Crippen LogP contribution is -2.35. The van der Waals surface area contributed by atoms with Gasteiger partial charge >= 0.3 is 0 Å². The predicted molar refractivity (Wildman–Crippen MR) is 39.5 cm³/mol. The maximum Gasteiger partial charge on any atom is 0.227 e. The molecule has 0 aromatic carbocycles. The molecule has 0 saturated carbocycles. The van der Waals surface area contributed by atoms with Crippen molar-refractivity contribution in [2.45, 2.75) is 20.8 Å². The van der Waals surface area contributed by atoms with Crippen molar-refractivity contribution in [3.05, 3.63) is 0 Å². The van der Waals surface area contributed by atoms with E-state index in [2.05, 4.69) is 10.1 Å². The van der Waals surface area contributed by atoms with E-state index in [9.17, 15) is 4.79 Å². The first kappa shape index (κ1) is 9.43. The van der Waals surface area contributed by atoms with Crippen LogP contribution in [0.1, 0.15) is 20.8 Å². The van der Waals surface area contributed by atoms with Crippen molar-refractivity contribution < 1.29 is 9.53 Å². The third-order valence-electron chi connectivity index (χ3n) is 1.06. The summed E-state index contributed by atoms with van der Waals surface area (Å²) in [6.45, 7) is 5.87. The Balaban J connectivity index is 3.64. The summed E-state index contributed by atoms with van der Waals surface area (Å²) in [5.41, 5.74) is -0.321.